The van der Waals surface area contributed by atoms with Crippen molar-refractivity contribution in [2.75, 3.05) is 6.54 Å². The van der Waals surface area contributed by atoms with Gasteiger partial charge < -0.3 is 5.11 Å². The summed E-state index contributed by atoms with van der Waals surface area (Å²) < 4.78 is 0. The van der Waals surface area contributed by atoms with Gasteiger partial charge in [0.05, 0.1) is 5.92 Å². The fraction of sp³-hybridized carbons (Fsp3) is 0.357. The summed E-state index contributed by atoms with van der Waals surface area (Å²) in [6.07, 6.45) is 1.18. The van der Waals surface area contributed by atoms with Crippen LogP contribution in [0.4, 0.5) is 0 Å². The zero-order valence-electron chi connectivity index (χ0n) is 10.4. The minimum Gasteiger partial charge on any atom is -0.481 e. The number of amides is 2. The van der Waals surface area contributed by atoms with Gasteiger partial charge in [-0.2, -0.15) is 0 Å². The maximum atomic E-state index is 11.7. The Morgan fingerprint density at radius 3 is 2.26 bits per heavy atom. The molecular weight excluding hydrogens is 246 g/mol. The Balaban J connectivity index is 2.19. The summed E-state index contributed by atoms with van der Waals surface area (Å²) in [5.41, 5.74) is 0.598. The lowest BCUT2D eigenvalue weighted by Crippen LogP contribution is -2.43. The third kappa shape index (κ3) is 2.99. The molecule has 1 atom stereocenters. The number of nitrogens with zero attached hydrogens (tertiary/aromatic N) is 1. The maximum Gasteiger partial charge on any atom is 0.312 e. The van der Waals surface area contributed by atoms with E-state index in [4.69, 9.17) is 0 Å². The van der Waals surface area contributed by atoms with Crippen molar-refractivity contribution >= 4 is 17.8 Å². The average Bonchev–Trinajstić information content (AvgIpc) is 2.39. The molecule has 0 aliphatic carbocycles. The van der Waals surface area contributed by atoms with Crippen molar-refractivity contribution in [1.29, 1.82) is 0 Å². The van der Waals surface area contributed by atoms with Gasteiger partial charge in [0.15, 0.2) is 0 Å². The number of likely N-dealkylation sites (tertiary alicyclic amines) is 1. The second-order valence-electron chi connectivity index (χ2n) is 4.55. The van der Waals surface area contributed by atoms with Gasteiger partial charge in [-0.05, 0) is 12.0 Å². The number of rotatable bonds is 4. The number of benzene rings is 1. The van der Waals surface area contributed by atoms with Gasteiger partial charge in [-0.3, -0.25) is 19.3 Å². The molecule has 2 amide bonds. The van der Waals surface area contributed by atoms with Crippen LogP contribution in [0, 0.1) is 0 Å². The van der Waals surface area contributed by atoms with Gasteiger partial charge in [-0.25, -0.2) is 0 Å². The normalized spacial score (nSPS) is 17.4. The van der Waals surface area contributed by atoms with E-state index in [9.17, 15) is 19.5 Å². The molecule has 1 aliphatic heterocycles. The van der Waals surface area contributed by atoms with Crippen LogP contribution in [0.2, 0.25) is 0 Å². The number of aliphatic carboxylic acids is 1. The highest BCUT2D eigenvalue weighted by Crippen LogP contribution is 2.21. The smallest absolute Gasteiger partial charge is 0.312 e. The van der Waals surface area contributed by atoms with Crippen LogP contribution in [0.25, 0.3) is 0 Å². The summed E-state index contributed by atoms with van der Waals surface area (Å²) in [4.78, 5) is 35.8. The number of hydrogen-bond donors (Lipinski definition) is 1. The van der Waals surface area contributed by atoms with Gasteiger partial charge in [-0.15, -0.1) is 0 Å². The number of hydrogen-bond acceptors (Lipinski definition) is 3. The number of carboxylic acids is 1. The molecular formula is C14H15NO4. The molecule has 1 aliphatic rings. The molecule has 100 valence electrons. The van der Waals surface area contributed by atoms with E-state index in [1.165, 1.54) is 0 Å². The molecule has 19 heavy (non-hydrogen) atoms. The van der Waals surface area contributed by atoms with Crippen LogP contribution >= 0.6 is 0 Å². The molecule has 5 heteroatoms. The molecule has 1 aromatic carbocycles. The highest BCUT2D eigenvalue weighted by Gasteiger charge is 2.31. The Bertz CT molecular complexity index is 481. The molecule has 2 rings (SSSR count). The molecule has 0 saturated carbocycles. The van der Waals surface area contributed by atoms with Crippen molar-refractivity contribution in [3.63, 3.8) is 0 Å². The lowest BCUT2D eigenvalue weighted by molar-refractivity contribution is -0.149. The quantitative estimate of drug-likeness (QED) is 0.831. The molecule has 1 N–H and O–H groups in total. The Labute approximate surface area is 110 Å². The molecule has 1 heterocycles. The number of piperidine rings is 1. The largest absolute Gasteiger partial charge is 0.481 e. The van der Waals surface area contributed by atoms with Crippen molar-refractivity contribution in [3.05, 3.63) is 35.9 Å². The average molecular weight is 261 g/mol. The fourth-order valence-corrected chi connectivity index (χ4v) is 2.20. The minimum absolute atomic E-state index is 0.0863. The molecule has 1 aromatic rings. The topological polar surface area (TPSA) is 74.7 Å². The van der Waals surface area contributed by atoms with E-state index in [0.717, 1.165) is 4.90 Å². The highest BCUT2D eigenvalue weighted by atomic mass is 16.4. The second-order valence-corrected chi connectivity index (χ2v) is 4.55. The summed E-state index contributed by atoms with van der Waals surface area (Å²) in [6.45, 7) is -0.0863. The van der Waals surface area contributed by atoms with E-state index in [1.54, 1.807) is 30.3 Å². The van der Waals surface area contributed by atoms with E-state index >= 15 is 0 Å². The summed E-state index contributed by atoms with van der Waals surface area (Å²) in [5.74, 6) is -2.46. The first-order valence-electron chi connectivity index (χ1n) is 6.20. The lowest BCUT2D eigenvalue weighted by atomic mass is 9.97. The Hall–Kier alpha value is -2.17. The van der Waals surface area contributed by atoms with Crippen LogP contribution in [0.3, 0.4) is 0 Å². The molecule has 1 unspecified atom stereocenters. The number of carboxylic acid groups (broad SMARTS) is 1. The first kappa shape index (κ1) is 13.3. The molecule has 1 fully saturated rings. The molecule has 0 aromatic heterocycles. The number of imide groups is 1. The first-order chi connectivity index (χ1) is 9.09. The third-order valence-electron chi connectivity index (χ3n) is 3.25. The van der Waals surface area contributed by atoms with Crippen LogP contribution in [0.15, 0.2) is 30.3 Å². The summed E-state index contributed by atoms with van der Waals surface area (Å²) in [6, 6.07) is 8.66. The Kier molecular flexibility index (Phi) is 3.94. The number of carbonyl (C=O) groups excluding carboxylic acids is 2. The fourth-order valence-electron chi connectivity index (χ4n) is 2.20. The van der Waals surface area contributed by atoms with E-state index in [2.05, 4.69) is 0 Å². The molecule has 0 spiro atoms. The standard InChI is InChI=1S/C14H15NO4/c16-12-7-4-8-13(17)15(12)9-11(14(18)19)10-5-2-1-3-6-10/h1-3,5-6,11H,4,7-9H2,(H,18,19). The summed E-state index contributed by atoms with van der Waals surface area (Å²) >= 11 is 0. The monoisotopic (exact) mass is 261 g/mol. The van der Waals surface area contributed by atoms with E-state index < -0.39 is 11.9 Å². The van der Waals surface area contributed by atoms with Crippen LogP contribution in [0.1, 0.15) is 30.7 Å². The minimum atomic E-state index is -1.03. The first-order valence-corrected chi connectivity index (χ1v) is 6.20. The van der Waals surface area contributed by atoms with Crippen LogP contribution < -0.4 is 0 Å². The zero-order chi connectivity index (χ0) is 13.8. The van der Waals surface area contributed by atoms with Crippen molar-refractivity contribution in [1.82, 2.24) is 4.90 Å². The van der Waals surface area contributed by atoms with Crippen molar-refractivity contribution in [2.24, 2.45) is 0 Å². The molecule has 0 bridgehead atoms. The van der Waals surface area contributed by atoms with E-state index in [-0.39, 0.29) is 18.4 Å². The van der Waals surface area contributed by atoms with E-state index in [0.29, 0.717) is 24.8 Å². The molecule has 1 saturated heterocycles. The molecule has 5 nitrogen and oxygen atoms in total. The second kappa shape index (κ2) is 5.65. The lowest BCUT2D eigenvalue weighted by Gasteiger charge is -2.27. The predicted molar refractivity (Wildman–Crippen MR) is 67.4 cm³/mol. The van der Waals surface area contributed by atoms with Crippen molar-refractivity contribution in [3.8, 4) is 0 Å². The summed E-state index contributed by atoms with van der Waals surface area (Å²) in [5, 5.41) is 9.28. The third-order valence-corrected chi connectivity index (χ3v) is 3.25. The van der Waals surface area contributed by atoms with Gasteiger partial charge in [0.1, 0.15) is 0 Å². The summed E-state index contributed by atoms with van der Waals surface area (Å²) in [7, 11) is 0. The Morgan fingerprint density at radius 1 is 1.16 bits per heavy atom. The van der Waals surface area contributed by atoms with Crippen molar-refractivity contribution in [2.45, 2.75) is 25.2 Å². The van der Waals surface area contributed by atoms with Crippen LogP contribution in [-0.2, 0) is 14.4 Å². The Morgan fingerprint density at radius 2 is 1.74 bits per heavy atom. The van der Waals surface area contributed by atoms with Crippen molar-refractivity contribution < 1.29 is 19.5 Å². The van der Waals surface area contributed by atoms with Gasteiger partial charge >= 0.3 is 5.97 Å². The van der Waals surface area contributed by atoms with Gasteiger partial charge in [0, 0.05) is 19.4 Å². The predicted octanol–water partition coefficient (Wildman–Crippen LogP) is 1.39. The van der Waals surface area contributed by atoms with Crippen LogP contribution in [-0.4, -0.2) is 34.3 Å². The van der Waals surface area contributed by atoms with Crippen LogP contribution in [0.5, 0.6) is 0 Å². The number of carbonyl (C=O) groups is 3. The van der Waals surface area contributed by atoms with Gasteiger partial charge in [-0.1, -0.05) is 30.3 Å². The molecule has 0 radical (unpaired) electrons. The van der Waals surface area contributed by atoms with E-state index in [1.807, 2.05) is 0 Å². The maximum absolute atomic E-state index is 11.7. The SMILES string of the molecule is O=C(O)C(CN1C(=O)CCCC1=O)c1ccccc1. The van der Waals surface area contributed by atoms with Gasteiger partial charge in [0.25, 0.3) is 0 Å². The zero-order valence-corrected chi connectivity index (χ0v) is 10.4. The van der Waals surface area contributed by atoms with Gasteiger partial charge in [0.2, 0.25) is 11.8 Å². The highest BCUT2D eigenvalue weighted by molar-refractivity contribution is 5.98.